The second-order valence-electron chi connectivity index (χ2n) is 5.78. The topological polar surface area (TPSA) is 3.24 Å². The van der Waals surface area contributed by atoms with Crippen LogP contribution in [0.3, 0.4) is 0 Å². The van der Waals surface area contributed by atoms with Gasteiger partial charge in [0.1, 0.15) is 0 Å². The van der Waals surface area contributed by atoms with Crippen molar-refractivity contribution in [1.29, 1.82) is 0 Å². The minimum Gasteiger partial charge on any atom is -0.344 e. The minimum absolute atomic E-state index is 1.13. The quantitative estimate of drug-likeness (QED) is 0.732. The highest BCUT2D eigenvalue weighted by Gasteiger charge is 2.22. The van der Waals surface area contributed by atoms with E-state index in [0.29, 0.717) is 0 Å². The molecule has 0 aromatic heterocycles. The van der Waals surface area contributed by atoms with Gasteiger partial charge in [0.2, 0.25) is 0 Å². The van der Waals surface area contributed by atoms with E-state index in [9.17, 15) is 0 Å². The van der Waals surface area contributed by atoms with Crippen LogP contribution in [-0.4, -0.2) is 15.1 Å². The summed E-state index contributed by atoms with van der Waals surface area (Å²) >= 11 is 3.64. The largest absolute Gasteiger partial charge is 0.344 e. The Morgan fingerprint density at radius 2 is 1.37 bits per heavy atom. The maximum atomic E-state index is 3.64. The summed E-state index contributed by atoms with van der Waals surface area (Å²) < 4.78 is 1.13. The minimum atomic E-state index is -1.35. The highest BCUT2D eigenvalue weighted by atomic mass is 79.9. The van der Waals surface area contributed by atoms with Crippen LogP contribution in [0.4, 0.5) is 11.4 Å². The highest BCUT2D eigenvalue weighted by Crippen LogP contribution is 2.30. The van der Waals surface area contributed by atoms with Crippen LogP contribution < -0.4 is 10.1 Å². The van der Waals surface area contributed by atoms with Gasteiger partial charge in [-0.15, -0.1) is 0 Å². The molecule has 0 amide bonds. The van der Waals surface area contributed by atoms with E-state index in [1.54, 1.807) is 0 Å². The van der Waals surface area contributed by atoms with Crippen molar-refractivity contribution in [2.24, 2.45) is 0 Å². The lowest BCUT2D eigenvalue weighted by Gasteiger charge is -2.28. The van der Waals surface area contributed by atoms with Crippen LogP contribution in [0.5, 0.6) is 0 Å². The Labute approximate surface area is 125 Å². The van der Waals surface area contributed by atoms with E-state index >= 15 is 0 Å². The van der Waals surface area contributed by atoms with Crippen LogP contribution in [-0.2, 0) is 0 Å². The van der Waals surface area contributed by atoms with Crippen molar-refractivity contribution in [2.75, 3.05) is 11.9 Å². The van der Waals surface area contributed by atoms with Gasteiger partial charge in [-0.25, -0.2) is 0 Å². The second kappa shape index (κ2) is 5.51. The first-order valence-corrected chi connectivity index (χ1v) is 10.8. The first-order valence-electron chi connectivity index (χ1n) is 6.49. The van der Waals surface area contributed by atoms with Crippen molar-refractivity contribution >= 4 is 40.6 Å². The molecule has 0 aliphatic rings. The van der Waals surface area contributed by atoms with Gasteiger partial charge >= 0.3 is 0 Å². The van der Waals surface area contributed by atoms with Crippen LogP contribution in [0.1, 0.15) is 0 Å². The van der Waals surface area contributed by atoms with Gasteiger partial charge in [-0.2, -0.15) is 0 Å². The average Bonchev–Trinajstić information content (AvgIpc) is 2.37. The molecule has 0 saturated heterocycles. The first kappa shape index (κ1) is 14.3. The summed E-state index contributed by atoms with van der Waals surface area (Å²) in [6.45, 7) is 7.17. The lowest BCUT2D eigenvalue weighted by atomic mass is 10.2. The van der Waals surface area contributed by atoms with Gasteiger partial charge in [0.15, 0.2) is 0 Å². The Hall–Kier alpha value is -1.06. The summed E-state index contributed by atoms with van der Waals surface area (Å²) in [5, 5.41) is 1.49. The van der Waals surface area contributed by atoms with Crippen LogP contribution in [0.15, 0.2) is 53.0 Å². The van der Waals surface area contributed by atoms with Gasteiger partial charge in [0.25, 0.3) is 0 Å². The maximum Gasteiger partial charge on any atom is 0.0803 e. The molecular weight excluding hydrogens is 314 g/mol. The van der Waals surface area contributed by atoms with E-state index in [0.717, 1.165) is 4.47 Å². The van der Waals surface area contributed by atoms with Crippen molar-refractivity contribution in [3.63, 3.8) is 0 Å². The molecule has 0 heterocycles. The van der Waals surface area contributed by atoms with E-state index < -0.39 is 8.07 Å². The SMILES string of the molecule is CN(c1ccccc1Br)c1ccccc1[Si](C)(C)C. The number of rotatable bonds is 3. The number of nitrogens with zero attached hydrogens (tertiary/aromatic N) is 1. The summed E-state index contributed by atoms with van der Waals surface area (Å²) in [5.41, 5.74) is 2.52. The number of hydrogen-bond donors (Lipinski definition) is 0. The third-order valence-corrected chi connectivity index (χ3v) is 6.00. The van der Waals surface area contributed by atoms with Crippen molar-refractivity contribution in [1.82, 2.24) is 0 Å². The Bertz CT molecular complexity index is 575. The van der Waals surface area contributed by atoms with E-state index in [4.69, 9.17) is 0 Å². The summed E-state index contributed by atoms with van der Waals surface area (Å²) in [6, 6.07) is 17.1. The fourth-order valence-corrected chi connectivity index (χ4v) is 4.42. The third kappa shape index (κ3) is 3.10. The molecule has 19 heavy (non-hydrogen) atoms. The molecule has 0 saturated carbocycles. The Morgan fingerprint density at radius 3 is 1.95 bits per heavy atom. The monoisotopic (exact) mass is 333 g/mol. The van der Waals surface area contributed by atoms with Crippen molar-refractivity contribution in [3.8, 4) is 0 Å². The number of benzene rings is 2. The Balaban J connectivity index is 2.51. The van der Waals surface area contributed by atoms with Gasteiger partial charge in [-0.3, -0.25) is 0 Å². The van der Waals surface area contributed by atoms with Crippen LogP contribution >= 0.6 is 15.9 Å². The zero-order valence-corrected chi connectivity index (χ0v) is 14.5. The van der Waals surface area contributed by atoms with E-state index in [-0.39, 0.29) is 0 Å². The number of halogens is 1. The van der Waals surface area contributed by atoms with E-state index in [1.807, 2.05) is 6.07 Å². The lowest BCUT2D eigenvalue weighted by molar-refractivity contribution is 1.21. The van der Waals surface area contributed by atoms with Gasteiger partial charge < -0.3 is 4.90 Å². The molecular formula is C16H20BrNSi. The number of hydrogen-bond acceptors (Lipinski definition) is 1. The molecule has 0 unspecified atom stereocenters. The normalized spacial score (nSPS) is 11.4. The van der Waals surface area contributed by atoms with Crippen molar-refractivity contribution < 1.29 is 0 Å². The van der Waals surface area contributed by atoms with Crippen LogP contribution in [0.25, 0.3) is 0 Å². The fraction of sp³-hybridized carbons (Fsp3) is 0.250. The van der Waals surface area contributed by atoms with Crippen LogP contribution in [0.2, 0.25) is 19.6 Å². The molecule has 2 rings (SSSR count). The molecule has 3 heteroatoms. The summed E-state index contributed by atoms with van der Waals surface area (Å²) in [5.74, 6) is 0. The van der Waals surface area contributed by atoms with E-state index in [1.165, 1.54) is 16.6 Å². The molecule has 2 aromatic carbocycles. The van der Waals surface area contributed by atoms with Gasteiger partial charge in [0, 0.05) is 17.2 Å². The molecule has 0 N–H and O–H groups in total. The Kier molecular flexibility index (Phi) is 4.16. The molecule has 100 valence electrons. The molecule has 0 bridgehead atoms. The van der Waals surface area contributed by atoms with Crippen molar-refractivity contribution in [2.45, 2.75) is 19.6 Å². The van der Waals surface area contributed by atoms with Crippen LogP contribution in [0, 0.1) is 0 Å². The molecule has 0 aliphatic carbocycles. The molecule has 0 spiro atoms. The van der Waals surface area contributed by atoms with Crippen molar-refractivity contribution in [3.05, 3.63) is 53.0 Å². The standard InChI is InChI=1S/C16H20BrNSi/c1-18(14-10-6-5-9-13(14)17)15-11-7-8-12-16(15)19(2,3)4/h5-12H,1-4H3. The number of para-hydroxylation sites is 2. The molecule has 0 aliphatic heterocycles. The summed E-state index contributed by atoms with van der Waals surface area (Å²) in [6.07, 6.45) is 0. The maximum absolute atomic E-state index is 3.64. The fourth-order valence-electron chi connectivity index (χ4n) is 2.25. The third-order valence-electron chi connectivity index (χ3n) is 3.29. The zero-order valence-electron chi connectivity index (χ0n) is 11.9. The second-order valence-corrected chi connectivity index (χ2v) is 11.7. The predicted octanol–water partition coefficient (Wildman–Crippen LogP) is 4.76. The molecule has 0 atom stereocenters. The van der Waals surface area contributed by atoms with E-state index in [2.05, 4.69) is 90.0 Å². The van der Waals surface area contributed by atoms with Gasteiger partial charge in [0.05, 0.1) is 13.8 Å². The average molecular weight is 334 g/mol. The summed E-state index contributed by atoms with van der Waals surface area (Å²) in [4.78, 5) is 2.28. The smallest absolute Gasteiger partial charge is 0.0803 e. The number of anilines is 2. The zero-order chi connectivity index (χ0) is 14.0. The first-order chi connectivity index (χ1) is 8.91. The lowest BCUT2D eigenvalue weighted by Crippen LogP contribution is -2.40. The predicted molar refractivity (Wildman–Crippen MR) is 91.6 cm³/mol. The molecule has 0 fully saturated rings. The molecule has 1 nitrogen and oxygen atoms in total. The Morgan fingerprint density at radius 1 is 0.842 bits per heavy atom. The summed E-state index contributed by atoms with van der Waals surface area (Å²) in [7, 11) is 0.790. The molecule has 0 radical (unpaired) electrons. The van der Waals surface area contributed by atoms with Gasteiger partial charge in [-0.1, -0.05) is 50.0 Å². The highest BCUT2D eigenvalue weighted by molar-refractivity contribution is 9.10. The van der Waals surface area contributed by atoms with Gasteiger partial charge in [-0.05, 0) is 39.3 Å². The molecule has 2 aromatic rings.